The molecule has 2 aromatic rings. The molecule has 0 saturated carbocycles. The molecule has 2 aliphatic heterocycles. The second-order valence-electron chi connectivity index (χ2n) is 8.60. The topological polar surface area (TPSA) is 32.8 Å². The lowest BCUT2D eigenvalue weighted by atomic mass is 10.0. The molecule has 0 aromatic heterocycles. The normalized spacial score (nSPS) is 25.3. The minimum absolute atomic E-state index is 0.259. The third kappa shape index (κ3) is 5.06. The van der Waals surface area contributed by atoms with Gasteiger partial charge in [0.25, 0.3) is 0 Å². The molecule has 4 nitrogen and oxygen atoms in total. The van der Waals surface area contributed by atoms with Gasteiger partial charge in [0.05, 0.1) is 18.6 Å². The number of ether oxygens (including phenoxy) is 1. The Labute approximate surface area is 174 Å². The molecule has 0 spiro atoms. The number of carbonyl (C=O) groups is 1. The molecular formula is C25H32N2O2. The van der Waals surface area contributed by atoms with Crippen molar-refractivity contribution in [3.05, 3.63) is 60.2 Å². The highest BCUT2D eigenvalue weighted by molar-refractivity contribution is 5.79. The van der Waals surface area contributed by atoms with E-state index in [1.165, 1.54) is 11.1 Å². The van der Waals surface area contributed by atoms with Gasteiger partial charge in [-0.3, -0.25) is 9.69 Å². The summed E-state index contributed by atoms with van der Waals surface area (Å²) in [5, 5.41) is 0. The third-order valence-corrected chi connectivity index (χ3v) is 6.08. The molecular weight excluding hydrogens is 360 g/mol. The maximum Gasteiger partial charge on any atom is 0.227 e. The van der Waals surface area contributed by atoms with Crippen molar-refractivity contribution in [3.63, 3.8) is 0 Å². The quantitative estimate of drug-likeness (QED) is 0.771. The maximum absolute atomic E-state index is 13.0. The Balaban J connectivity index is 1.36. The van der Waals surface area contributed by atoms with E-state index in [9.17, 15) is 4.79 Å². The van der Waals surface area contributed by atoms with Gasteiger partial charge in [0.15, 0.2) is 0 Å². The first kappa shape index (κ1) is 20.1. The highest BCUT2D eigenvalue weighted by Gasteiger charge is 2.32. The summed E-state index contributed by atoms with van der Waals surface area (Å²) in [6.45, 7) is 8.06. The fraction of sp³-hybridized carbons (Fsp3) is 0.480. The number of hydrogen-bond acceptors (Lipinski definition) is 3. The number of nitrogens with zero attached hydrogens (tertiary/aromatic N) is 2. The van der Waals surface area contributed by atoms with Gasteiger partial charge in [0, 0.05) is 32.2 Å². The van der Waals surface area contributed by atoms with Crippen LogP contribution in [0.15, 0.2) is 54.6 Å². The maximum atomic E-state index is 13.0. The summed E-state index contributed by atoms with van der Waals surface area (Å²) in [6.07, 6.45) is 3.25. The van der Waals surface area contributed by atoms with Gasteiger partial charge in [-0.25, -0.2) is 0 Å². The van der Waals surface area contributed by atoms with Gasteiger partial charge in [-0.1, -0.05) is 54.6 Å². The lowest BCUT2D eigenvalue weighted by Gasteiger charge is -2.38. The largest absolute Gasteiger partial charge is 0.373 e. The summed E-state index contributed by atoms with van der Waals surface area (Å²) >= 11 is 0. The Morgan fingerprint density at radius 2 is 1.62 bits per heavy atom. The molecule has 2 heterocycles. The lowest BCUT2D eigenvalue weighted by Crippen LogP contribution is -2.51. The SMILES string of the molecule is C[C@@H]1CN(C[C@@H]2CCCN2C(=O)Cc2ccc(-c3ccccc3)cc2)C[C@H](C)O1. The van der Waals surface area contributed by atoms with Crippen LogP contribution in [0.5, 0.6) is 0 Å². The summed E-state index contributed by atoms with van der Waals surface area (Å²) in [6, 6.07) is 19.1. The van der Waals surface area contributed by atoms with Crippen LogP contribution >= 0.6 is 0 Å². The van der Waals surface area contributed by atoms with E-state index in [0.717, 1.165) is 44.6 Å². The fourth-order valence-electron chi connectivity index (χ4n) is 4.81. The Hall–Kier alpha value is -2.17. The number of rotatable bonds is 5. The monoisotopic (exact) mass is 392 g/mol. The number of likely N-dealkylation sites (tertiary alicyclic amines) is 1. The van der Waals surface area contributed by atoms with E-state index >= 15 is 0 Å². The molecule has 154 valence electrons. The molecule has 2 saturated heterocycles. The van der Waals surface area contributed by atoms with E-state index in [4.69, 9.17) is 4.74 Å². The lowest BCUT2D eigenvalue weighted by molar-refractivity contribution is -0.132. The van der Waals surface area contributed by atoms with Crippen LogP contribution in [-0.2, 0) is 16.0 Å². The van der Waals surface area contributed by atoms with Gasteiger partial charge in [-0.2, -0.15) is 0 Å². The number of amides is 1. The van der Waals surface area contributed by atoms with Crippen LogP contribution in [0.1, 0.15) is 32.3 Å². The smallest absolute Gasteiger partial charge is 0.227 e. The summed E-state index contributed by atoms with van der Waals surface area (Å²) < 4.78 is 5.85. The van der Waals surface area contributed by atoms with Crippen molar-refractivity contribution in [3.8, 4) is 11.1 Å². The minimum Gasteiger partial charge on any atom is -0.373 e. The van der Waals surface area contributed by atoms with Gasteiger partial charge >= 0.3 is 0 Å². The molecule has 0 unspecified atom stereocenters. The van der Waals surface area contributed by atoms with Gasteiger partial charge in [0.1, 0.15) is 0 Å². The Bertz CT molecular complexity index is 795. The van der Waals surface area contributed by atoms with Crippen LogP contribution in [0.3, 0.4) is 0 Å². The van der Waals surface area contributed by atoms with Crippen molar-refractivity contribution in [2.75, 3.05) is 26.2 Å². The van der Waals surface area contributed by atoms with E-state index in [2.05, 4.69) is 72.2 Å². The van der Waals surface area contributed by atoms with Crippen molar-refractivity contribution in [1.82, 2.24) is 9.80 Å². The van der Waals surface area contributed by atoms with Crippen LogP contribution in [0.2, 0.25) is 0 Å². The molecule has 0 bridgehead atoms. The van der Waals surface area contributed by atoms with E-state index in [1.807, 2.05) is 6.07 Å². The zero-order chi connectivity index (χ0) is 20.2. The number of benzene rings is 2. The van der Waals surface area contributed by atoms with Gasteiger partial charge < -0.3 is 9.64 Å². The van der Waals surface area contributed by atoms with Gasteiger partial charge in [0.2, 0.25) is 5.91 Å². The summed E-state index contributed by atoms with van der Waals surface area (Å²) in [5.41, 5.74) is 3.49. The number of hydrogen-bond donors (Lipinski definition) is 0. The van der Waals surface area contributed by atoms with E-state index in [-0.39, 0.29) is 18.1 Å². The zero-order valence-electron chi connectivity index (χ0n) is 17.6. The van der Waals surface area contributed by atoms with Gasteiger partial charge in [-0.05, 0) is 43.4 Å². The summed E-state index contributed by atoms with van der Waals surface area (Å²) in [4.78, 5) is 17.6. The fourth-order valence-corrected chi connectivity index (χ4v) is 4.81. The predicted molar refractivity (Wildman–Crippen MR) is 117 cm³/mol. The molecule has 2 aliphatic rings. The molecule has 4 heteroatoms. The van der Waals surface area contributed by atoms with Crippen molar-refractivity contribution in [2.45, 2.75) is 51.4 Å². The van der Waals surface area contributed by atoms with Crippen molar-refractivity contribution in [1.29, 1.82) is 0 Å². The first-order valence-corrected chi connectivity index (χ1v) is 10.9. The van der Waals surface area contributed by atoms with Crippen LogP contribution in [0.25, 0.3) is 11.1 Å². The molecule has 1 amide bonds. The average molecular weight is 393 g/mol. The predicted octanol–water partition coefficient (Wildman–Crippen LogP) is 4.00. The molecule has 0 N–H and O–H groups in total. The summed E-state index contributed by atoms with van der Waals surface area (Å²) in [7, 11) is 0. The molecule has 0 radical (unpaired) electrons. The van der Waals surface area contributed by atoms with Gasteiger partial charge in [-0.15, -0.1) is 0 Å². The van der Waals surface area contributed by atoms with Crippen LogP contribution < -0.4 is 0 Å². The Kier molecular flexibility index (Phi) is 6.31. The molecule has 4 rings (SSSR count). The Morgan fingerprint density at radius 3 is 2.31 bits per heavy atom. The second-order valence-corrected chi connectivity index (χ2v) is 8.60. The van der Waals surface area contributed by atoms with Crippen molar-refractivity contribution < 1.29 is 9.53 Å². The van der Waals surface area contributed by atoms with Crippen LogP contribution in [0, 0.1) is 0 Å². The number of carbonyl (C=O) groups excluding carboxylic acids is 1. The molecule has 29 heavy (non-hydrogen) atoms. The third-order valence-electron chi connectivity index (χ3n) is 6.08. The van der Waals surface area contributed by atoms with Crippen molar-refractivity contribution in [2.24, 2.45) is 0 Å². The molecule has 3 atom stereocenters. The highest BCUT2D eigenvalue weighted by atomic mass is 16.5. The van der Waals surface area contributed by atoms with E-state index < -0.39 is 0 Å². The standard InChI is InChI=1S/C25H32N2O2/c1-19-16-26(17-20(2)29-19)18-24-9-6-14-27(24)25(28)15-21-10-12-23(13-11-21)22-7-4-3-5-8-22/h3-5,7-8,10-13,19-20,24H,6,9,14-18H2,1-2H3/t19-,20+,24-/m0/s1. The highest BCUT2D eigenvalue weighted by Crippen LogP contribution is 2.23. The zero-order valence-corrected chi connectivity index (χ0v) is 17.6. The van der Waals surface area contributed by atoms with E-state index in [0.29, 0.717) is 12.5 Å². The second kappa shape index (κ2) is 9.10. The summed E-state index contributed by atoms with van der Waals surface area (Å²) in [5.74, 6) is 0.259. The first-order valence-electron chi connectivity index (χ1n) is 10.9. The molecule has 2 aromatic carbocycles. The molecule has 0 aliphatic carbocycles. The van der Waals surface area contributed by atoms with Crippen LogP contribution in [-0.4, -0.2) is 60.1 Å². The van der Waals surface area contributed by atoms with Crippen LogP contribution in [0.4, 0.5) is 0 Å². The first-order chi connectivity index (χ1) is 14.1. The van der Waals surface area contributed by atoms with Crippen molar-refractivity contribution >= 4 is 5.91 Å². The minimum atomic E-state index is 0.259. The van der Waals surface area contributed by atoms with E-state index in [1.54, 1.807) is 0 Å². The Morgan fingerprint density at radius 1 is 0.966 bits per heavy atom. The number of morpholine rings is 1. The average Bonchev–Trinajstić information content (AvgIpc) is 3.17. The molecule has 2 fully saturated rings.